The number of rotatable bonds is 4. The third-order valence-corrected chi connectivity index (χ3v) is 3.01. The number of non-ortho nitro benzene ring substituents is 1. The summed E-state index contributed by atoms with van der Waals surface area (Å²) in [5.41, 5.74) is 1.66. The standard InChI is InChI=1S/C13H11N3O2S/c1-10-5-7-13(8-6-10)19-15-14-11-3-2-4-12(9-11)16(17)18/h2-9H,1H3. The molecule has 0 saturated heterocycles. The third-order valence-electron chi connectivity index (χ3n) is 2.36. The van der Waals surface area contributed by atoms with Gasteiger partial charge in [-0.3, -0.25) is 10.1 Å². The number of nitrogens with zero attached hydrogens (tertiary/aromatic N) is 3. The molecule has 0 unspecified atom stereocenters. The van der Waals surface area contributed by atoms with Crippen LogP contribution in [0.5, 0.6) is 0 Å². The molecular weight excluding hydrogens is 262 g/mol. The molecule has 0 aromatic heterocycles. The van der Waals surface area contributed by atoms with Crippen molar-refractivity contribution in [3.05, 3.63) is 64.2 Å². The molecule has 0 saturated carbocycles. The van der Waals surface area contributed by atoms with Crippen LogP contribution >= 0.6 is 11.9 Å². The fourth-order valence-electron chi connectivity index (χ4n) is 1.38. The van der Waals surface area contributed by atoms with Gasteiger partial charge in [0, 0.05) is 29.0 Å². The van der Waals surface area contributed by atoms with Crippen LogP contribution < -0.4 is 0 Å². The van der Waals surface area contributed by atoms with Gasteiger partial charge in [-0.2, -0.15) is 0 Å². The minimum Gasteiger partial charge on any atom is -0.258 e. The number of benzene rings is 2. The van der Waals surface area contributed by atoms with Crippen molar-refractivity contribution in [2.75, 3.05) is 0 Å². The zero-order valence-electron chi connectivity index (χ0n) is 10.2. The molecule has 0 aliphatic heterocycles. The van der Waals surface area contributed by atoms with Gasteiger partial charge in [-0.25, -0.2) is 0 Å². The van der Waals surface area contributed by atoms with Crippen LogP contribution in [0.15, 0.2) is 63.1 Å². The Balaban J connectivity index is 2.04. The van der Waals surface area contributed by atoms with Gasteiger partial charge >= 0.3 is 0 Å². The zero-order chi connectivity index (χ0) is 13.7. The first-order valence-corrected chi connectivity index (χ1v) is 6.32. The van der Waals surface area contributed by atoms with Gasteiger partial charge in [0.2, 0.25) is 0 Å². The quantitative estimate of drug-likeness (QED) is 0.351. The van der Waals surface area contributed by atoms with Crippen molar-refractivity contribution in [2.45, 2.75) is 11.8 Å². The molecule has 2 aromatic rings. The van der Waals surface area contributed by atoms with E-state index in [9.17, 15) is 10.1 Å². The van der Waals surface area contributed by atoms with E-state index >= 15 is 0 Å². The van der Waals surface area contributed by atoms with Crippen LogP contribution in [0.4, 0.5) is 11.4 Å². The van der Waals surface area contributed by atoms with Gasteiger partial charge < -0.3 is 0 Å². The van der Waals surface area contributed by atoms with Crippen molar-refractivity contribution in [3.63, 3.8) is 0 Å². The van der Waals surface area contributed by atoms with E-state index in [1.54, 1.807) is 12.1 Å². The Morgan fingerprint density at radius 2 is 1.89 bits per heavy atom. The Kier molecular flexibility index (Phi) is 4.25. The lowest BCUT2D eigenvalue weighted by molar-refractivity contribution is -0.384. The summed E-state index contributed by atoms with van der Waals surface area (Å²) in [4.78, 5) is 11.1. The molecule has 96 valence electrons. The summed E-state index contributed by atoms with van der Waals surface area (Å²) in [6, 6.07) is 14.0. The molecule has 0 atom stereocenters. The number of nitro benzene ring substituents is 1. The Labute approximate surface area is 114 Å². The normalized spacial score (nSPS) is 10.8. The molecule has 0 bridgehead atoms. The number of hydrogen-bond donors (Lipinski definition) is 0. The first-order chi connectivity index (χ1) is 9.15. The van der Waals surface area contributed by atoms with E-state index in [4.69, 9.17) is 0 Å². The second-order valence-corrected chi connectivity index (χ2v) is 4.68. The molecule has 2 aromatic carbocycles. The van der Waals surface area contributed by atoms with Crippen molar-refractivity contribution in [1.82, 2.24) is 0 Å². The third kappa shape index (κ3) is 3.89. The Morgan fingerprint density at radius 1 is 1.16 bits per heavy atom. The summed E-state index contributed by atoms with van der Waals surface area (Å²) < 4.78 is 3.96. The van der Waals surface area contributed by atoms with Crippen LogP contribution in [0, 0.1) is 17.0 Å². The van der Waals surface area contributed by atoms with E-state index in [1.807, 2.05) is 31.2 Å². The summed E-state index contributed by atoms with van der Waals surface area (Å²) >= 11 is 1.23. The monoisotopic (exact) mass is 273 g/mol. The van der Waals surface area contributed by atoms with E-state index in [1.165, 1.54) is 29.6 Å². The average molecular weight is 273 g/mol. The van der Waals surface area contributed by atoms with E-state index in [2.05, 4.69) is 9.63 Å². The first-order valence-electron chi connectivity index (χ1n) is 5.54. The Hall–Kier alpha value is -2.21. The van der Waals surface area contributed by atoms with Crippen LogP contribution in [-0.4, -0.2) is 4.92 Å². The lowest BCUT2D eigenvalue weighted by Crippen LogP contribution is -1.85. The predicted molar refractivity (Wildman–Crippen MR) is 74.6 cm³/mol. The number of aryl methyl sites for hydroxylation is 1. The van der Waals surface area contributed by atoms with Gasteiger partial charge in [0.05, 0.1) is 10.6 Å². The SMILES string of the molecule is Cc1ccc(SN=Nc2cccc([N+](=O)[O-])c2)cc1. The van der Waals surface area contributed by atoms with Gasteiger partial charge in [-0.1, -0.05) is 23.8 Å². The lowest BCUT2D eigenvalue weighted by atomic mass is 10.2. The highest BCUT2D eigenvalue weighted by atomic mass is 32.2. The van der Waals surface area contributed by atoms with Gasteiger partial charge in [-0.15, -0.1) is 9.63 Å². The first kappa shape index (κ1) is 13.2. The molecule has 0 radical (unpaired) electrons. The van der Waals surface area contributed by atoms with Gasteiger partial charge in [-0.05, 0) is 25.1 Å². The molecule has 0 heterocycles. The summed E-state index contributed by atoms with van der Waals surface area (Å²) in [7, 11) is 0. The van der Waals surface area contributed by atoms with Crippen molar-refractivity contribution in [3.8, 4) is 0 Å². The zero-order valence-corrected chi connectivity index (χ0v) is 11.0. The molecule has 19 heavy (non-hydrogen) atoms. The molecule has 0 spiro atoms. The maximum absolute atomic E-state index is 10.6. The molecule has 2 rings (SSSR count). The summed E-state index contributed by atoms with van der Waals surface area (Å²) in [5.74, 6) is 0. The molecular formula is C13H11N3O2S. The second kappa shape index (κ2) is 6.10. The van der Waals surface area contributed by atoms with Crippen LogP contribution in [0.2, 0.25) is 0 Å². The molecule has 0 fully saturated rings. The maximum atomic E-state index is 10.6. The maximum Gasteiger partial charge on any atom is 0.271 e. The fraction of sp³-hybridized carbons (Fsp3) is 0.0769. The van der Waals surface area contributed by atoms with Gasteiger partial charge in [0.15, 0.2) is 0 Å². The van der Waals surface area contributed by atoms with Crippen molar-refractivity contribution >= 4 is 23.3 Å². The summed E-state index contributed by atoms with van der Waals surface area (Å²) in [6.07, 6.45) is 0. The van der Waals surface area contributed by atoms with Crippen LogP contribution in [0.3, 0.4) is 0 Å². The van der Waals surface area contributed by atoms with Gasteiger partial charge in [0.25, 0.3) is 5.69 Å². The van der Waals surface area contributed by atoms with E-state index < -0.39 is 4.92 Å². The van der Waals surface area contributed by atoms with Crippen molar-refractivity contribution < 1.29 is 4.92 Å². The van der Waals surface area contributed by atoms with Crippen molar-refractivity contribution in [2.24, 2.45) is 9.63 Å². The summed E-state index contributed by atoms with van der Waals surface area (Å²) in [5, 5.41) is 14.6. The van der Waals surface area contributed by atoms with E-state index in [0.717, 1.165) is 4.90 Å². The highest BCUT2D eigenvalue weighted by Crippen LogP contribution is 2.24. The largest absolute Gasteiger partial charge is 0.271 e. The van der Waals surface area contributed by atoms with Crippen LogP contribution in [0.1, 0.15) is 5.56 Å². The smallest absolute Gasteiger partial charge is 0.258 e. The van der Waals surface area contributed by atoms with E-state index in [0.29, 0.717) is 5.69 Å². The average Bonchev–Trinajstić information content (AvgIpc) is 2.41. The Morgan fingerprint density at radius 3 is 2.58 bits per heavy atom. The predicted octanol–water partition coefficient (Wildman–Crippen LogP) is 4.69. The molecule has 0 amide bonds. The minimum absolute atomic E-state index is 0.0109. The van der Waals surface area contributed by atoms with Gasteiger partial charge in [0.1, 0.15) is 0 Å². The van der Waals surface area contributed by atoms with Crippen LogP contribution in [0.25, 0.3) is 0 Å². The molecule has 6 heteroatoms. The number of hydrogen-bond acceptors (Lipinski definition) is 5. The minimum atomic E-state index is -0.452. The molecule has 0 N–H and O–H groups in total. The topological polar surface area (TPSA) is 67.9 Å². The highest BCUT2D eigenvalue weighted by Gasteiger charge is 2.04. The van der Waals surface area contributed by atoms with E-state index in [-0.39, 0.29) is 5.69 Å². The van der Waals surface area contributed by atoms with Crippen LogP contribution in [-0.2, 0) is 0 Å². The number of nitro groups is 1. The Bertz CT molecular complexity index is 612. The molecule has 0 aliphatic rings. The molecule has 5 nitrogen and oxygen atoms in total. The second-order valence-electron chi connectivity index (χ2n) is 3.86. The fourth-order valence-corrected chi connectivity index (χ4v) is 1.87. The van der Waals surface area contributed by atoms with Crippen molar-refractivity contribution in [1.29, 1.82) is 0 Å². The highest BCUT2D eigenvalue weighted by molar-refractivity contribution is 7.97. The lowest BCUT2D eigenvalue weighted by Gasteiger charge is -1.95. The summed E-state index contributed by atoms with van der Waals surface area (Å²) in [6.45, 7) is 2.01. The molecule has 0 aliphatic carbocycles.